The molecule has 11 rings (SSSR count). The van der Waals surface area contributed by atoms with Gasteiger partial charge in [-0.25, -0.2) is 0 Å². The Bertz CT molecular complexity index is 2740. The van der Waals surface area contributed by atoms with Gasteiger partial charge < -0.3 is 4.90 Å². The van der Waals surface area contributed by atoms with Crippen molar-refractivity contribution >= 4 is 16.9 Å². The van der Waals surface area contributed by atoms with Crippen LogP contribution in [0.15, 0.2) is 218 Å². The minimum Gasteiger partial charge on any atom is -0.334 e. The van der Waals surface area contributed by atoms with E-state index in [2.05, 4.69) is 223 Å². The zero-order valence-electron chi connectivity index (χ0n) is 31.0. The van der Waals surface area contributed by atoms with Gasteiger partial charge >= 0.3 is 0 Å². The molecule has 1 atom stereocenters. The van der Waals surface area contributed by atoms with E-state index in [0.717, 1.165) is 6.42 Å². The van der Waals surface area contributed by atoms with Crippen molar-refractivity contribution in [2.45, 2.75) is 17.9 Å². The van der Waals surface area contributed by atoms with E-state index in [1.165, 1.54) is 89.3 Å². The first-order chi connectivity index (χ1) is 27.8. The van der Waals surface area contributed by atoms with Crippen molar-refractivity contribution in [1.82, 2.24) is 0 Å². The van der Waals surface area contributed by atoms with Crippen LogP contribution in [0, 0.1) is 0 Å². The summed E-state index contributed by atoms with van der Waals surface area (Å²) in [5, 5.41) is 0. The summed E-state index contributed by atoms with van der Waals surface area (Å²) in [6.07, 6.45) is 7.97. The molecule has 0 N–H and O–H groups in total. The first-order valence-electron chi connectivity index (χ1n) is 19.7. The van der Waals surface area contributed by atoms with E-state index in [1.54, 1.807) is 0 Å². The number of allylic oxidation sites excluding steroid dienone is 2. The second kappa shape index (κ2) is 13.1. The van der Waals surface area contributed by atoms with E-state index in [0.29, 0.717) is 0 Å². The van der Waals surface area contributed by atoms with Gasteiger partial charge in [0.05, 0.1) is 11.5 Å². The fourth-order valence-electron chi connectivity index (χ4n) is 9.71. The molecule has 0 fully saturated rings. The Morgan fingerprint density at radius 1 is 0.375 bits per heavy atom. The number of fused-ring (bicyclic) bond motifs is 10. The van der Waals surface area contributed by atoms with Gasteiger partial charge in [-0.3, -0.25) is 0 Å². The van der Waals surface area contributed by atoms with Crippen LogP contribution in [0.1, 0.15) is 34.2 Å². The normalized spacial score (nSPS) is 15.4. The molecule has 0 heterocycles. The summed E-state index contributed by atoms with van der Waals surface area (Å²) in [7, 11) is 0. The molecule has 3 aliphatic carbocycles. The molecule has 1 spiro atoms. The lowest BCUT2D eigenvalue weighted by atomic mass is 9.70. The quantitative estimate of drug-likeness (QED) is 0.166. The molecule has 1 heteroatoms. The Balaban J connectivity index is 0.989. The number of benzene rings is 8. The average molecular weight is 714 g/mol. The van der Waals surface area contributed by atoms with Crippen molar-refractivity contribution in [3.05, 3.63) is 246 Å². The van der Waals surface area contributed by atoms with Crippen LogP contribution in [-0.4, -0.2) is 6.04 Å². The molecule has 3 aliphatic rings. The van der Waals surface area contributed by atoms with Crippen molar-refractivity contribution in [3.8, 4) is 44.5 Å². The zero-order chi connectivity index (χ0) is 37.1. The Hall–Kier alpha value is -6.96. The van der Waals surface area contributed by atoms with Gasteiger partial charge in [-0.2, -0.15) is 0 Å². The topological polar surface area (TPSA) is 3.24 Å². The van der Waals surface area contributed by atoms with Crippen LogP contribution in [0.3, 0.4) is 0 Å². The van der Waals surface area contributed by atoms with Crippen molar-refractivity contribution < 1.29 is 0 Å². The van der Waals surface area contributed by atoms with E-state index in [-0.39, 0.29) is 11.5 Å². The smallest absolute Gasteiger partial charge is 0.0725 e. The van der Waals surface area contributed by atoms with E-state index in [1.807, 2.05) is 0 Å². The monoisotopic (exact) mass is 713 g/mol. The molecule has 0 saturated carbocycles. The number of anilines is 2. The number of hydrogen-bond donors (Lipinski definition) is 0. The Kier molecular flexibility index (Phi) is 7.60. The highest BCUT2D eigenvalue weighted by Gasteiger charge is 2.51. The van der Waals surface area contributed by atoms with Gasteiger partial charge in [0.1, 0.15) is 0 Å². The standard InChI is InChI=1S/C55H39N/c1-3-13-38(14-4-1)40-23-30-44(31-24-40)56(45-32-25-41(26-33-45)39-15-5-2-6-16-39)46-34-27-42(28-35-46)43-29-36-50-49-19-9-12-22-53(49)55(54(50)37-43)51-20-10-7-17-47(51)48-18-8-11-21-52(48)55/h1-32,34-37,45H,33H2. The van der Waals surface area contributed by atoms with Gasteiger partial charge in [-0.15, -0.1) is 0 Å². The second-order valence-corrected chi connectivity index (χ2v) is 15.2. The molecule has 8 aromatic carbocycles. The molecule has 264 valence electrons. The molecule has 0 radical (unpaired) electrons. The van der Waals surface area contributed by atoms with Crippen LogP contribution in [0.5, 0.6) is 0 Å². The fraction of sp³-hybridized carbons (Fsp3) is 0.0545. The lowest BCUT2D eigenvalue weighted by Gasteiger charge is -2.33. The molecular formula is C55H39N. The van der Waals surface area contributed by atoms with Crippen LogP contribution in [0.4, 0.5) is 11.4 Å². The van der Waals surface area contributed by atoms with Crippen LogP contribution < -0.4 is 4.90 Å². The van der Waals surface area contributed by atoms with Crippen molar-refractivity contribution in [1.29, 1.82) is 0 Å². The molecule has 0 aliphatic heterocycles. The minimum atomic E-state index is -0.350. The SMILES string of the molecule is C1=CC(N(c2ccc(-c3ccccc3)cc2)c2ccc(-c3ccc4c(c3)C3(c5ccccc5-c5ccccc53)c3ccccc3-4)cc2)CC=C1c1ccccc1. The van der Waals surface area contributed by atoms with Gasteiger partial charge in [0.25, 0.3) is 0 Å². The van der Waals surface area contributed by atoms with E-state index >= 15 is 0 Å². The van der Waals surface area contributed by atoms with Crippen molar-refractivity contribution in [2.24, 2.45) is 0 Å². The van der Waals surface area contributed by atoms with Crippen molar-refractivity contribution in [3.63, 3.8) is 0 Å². The number of nitrogens with zero attached hydrogens (tertiary/aromatic N) is 1. The molecule has 1 unspecified atom stereocenters. The predicted molar refractivity (Wildman–Crippen MR) is 234 cm³/mol. The highest BCUT2D eigenvalue weighted by molar-refractivity contribution is 5.96. The third kappa shape index (κ3) is 5.01. The third-order valence-electron chi connectivity index (χ3n) is 12.2. The average Bonchev–Trinajstić information content (AvgIpc) is 3.75. The maximum absolute atomic E-state index is 2.49. The van der Waals surface area contributed by atoms with Crippen LogP contribution >= 0.6 is 0 Å². The molecule has 56 heavy (non-hydrogen) atoms. The first kappa shape index (κ1) is 32.5. The Morgan fingerprint density at radius 3 is 1.32 bits per heavy atom. The zero-order valence-corrected chi connectivity index (χ0v) is 31.0. The van der Waals surface area contributed by atoms with E-state index in [4.69, 9.17) is 0 Å². The Morgan fingerprint density at radius 2 is 0.804 bits per heavy atom. The second-order valence-electron chi connectivity index (χ2n) is 15.2. The first-order valence-corrected chi connectivity index (χ1v) is 19.7. The highest BCUT2D eigenvalue weighted by Crippen LogP contribution is 2.63. The van der Waals surface area contributed by atoms with Gasteiger partial charge in [0.2, 0.25) is 0 Å². The highest BCUT2D eigenvalue weighted by atomic mass is 15.2. The van der Waals surface area contributed by atoms with Crippen LogP contribution in [-0.2, 0) is 5.41 Å². The summed E-state index contributed by atoms with van der Waals surface area (Å²) in [5.74, 6) is 0. The van der Waals surface area contributed by atoms with E-state index < -0.39 is 0 Å². The van der Waals surface area contributed by atoms with Crippen LogP contribution in [0.2, 0.25) is 0 Å². The molecule has 8 aromatic rings. The molecule has 0 saturated heterocycles. The van der Waals surface area contributed by atoms with Gasteiger partial charge in [-0.05, 0) is 115 Å². The van der Waals surface area contributed by atoms with Gasteiger partial charge in [0, 0.05) is 11.4 Å². The molecule has 0 aromatic heterocycles. The lowest BCUT2D eigenvalue weighted by molar-refractivity contribution is 0.787. The summed E-state index contributed by atoms with van der Waals surface area (Å²) in [6, 6.07) is 74.0. The largest absolute Gasteiger partial charge is 0.334 e. The third-order valence-corrected chi connectivity index (χ3v) is 12.2. The van der Waals surface area contributed by atoms with E-state index in [9.17, 15) is 0 Å². The molecule has 1 nitrogen and oxygen atoms in total. The maximum Gasteiger partial charge on any atom is 0.0725 e. The lowest BCUT2D eigenvalue weighted by Crippen LogP contribution is -2.30. The maximum atomic E-state index is 2.49. The molecule has 0 amide bonds. The molecule has 0 bridgehead atoms. The predicted octanol–water partition coefficient (Wildman–Crippen LogP) is 13.9. The fourth-order valence-corrected chi connectivity index (χ4v) is 9.71. The summed E-state index contributed by atoms with van der Waals surface area (Å²) < 4.78 is 0. The summed E-state index contributed by atoms with van der Waals surface area (Å²) in [5.41, 5.74) is 20.2. The summed E-state index contributed by atoms with van der Waals surface area (Å²) in [6.45, 7) is 0. The number of rotatable bonds is 6. The Labute approximate surface area is 329 Å². The molecular weight excluding hydrogens is 675 g/mol. The number of hydrogen-bond acceptors (Lipinski definition) is 1. The van der Waals surface area contributed by atoms with Gasteiger partial charge in [0.15, 0.2) is 0 Å². The summed E-state index contributed by atoms with van der Waals surface area (Å²) >= 11 is 0. The minimum absolute atomic E-state index is 0.178. The van der Waals surface area contributed by atoms with Crippen LogP contribution in [0.25, 0.3) is 50.1 Å². The summed E-state index contributed by atoms with van der Waals surface area (Å²) in [4.78, 5) is 2.49. The van der Waals surface area contributed by atoms with Crippen molar-refractivity contribution in [2.75, 3.05) is 4.90 Å². The van der Waals surface area contributed by atoms with Gasteiger partial charge in [-0.1, -0.05) is 188 Å².